The zero-order valence-corrected chi connectivity index (χ0v) is 9.97. The van der Waals surface area contributed by atoms with Crippen LogP contribution in [0.3, 0.4) is 0 Å². The lowest BCUT2D eigenvalue weighted by Gasteiger charge is -2.19. The SMILES string of the molecule is CC1=C(C(=O)O)CCc2c(Br)cccc21. The highest BCUT2D eigenvalue weighted by Crippen LogP contribution is 2.34. The molecule has 0 heterocycles. The highest BCUT2D eigenvalue weighted by atomic mass is 79.9. The fourth-order valence-corrected chi connectivity index (χ4v) is 2.60. The number of aliphatic carboxylic acids is 1. The zero-order valence-electron chi connectivity index (χ0n) is 8.38. The molecule has 1 aromatic rings. The van der Waals surface area contributed by atoms with Crippen LogP contribution in [0.25, 0.3) is 5.57 Å². The van der Waals surface area contributed by atoms with Crippen molar-refractivity contribution in [3.05, 3.63) is 39.4 Å². The number of carbonyl (C=O) groups is 1. The number of carboxylic acid groups (broad SMARTS) is 1. The first-order valence-corrected chi connectivity index (χ1v) is 5.61. The minimum atomic E-state index is -0.793. The Kier molecular flexibility index (Phi) is 2.65. The highest BCUT2D eigenvalue weighted by Gasteiger charge is 2.21. The maximum atomic E-state index is 11.0. The number of carboxylic acids is 1. The van der Waals surface area contributed by atoms with E-state index in [0.717, 1.165) is 22.0 Å². The fraction of sp³-hybridized carbons (Fsp3) is 0.250. The Bertz CT molecular complexity index is 461. The van der Waals surface area contributed by atoms with Gasteiger partial charge in [-0.25, -0.2) is 4.79 Å². The van der Waals surface area contributed by atoms with Gasteiger partial charge in [0.1, 0.15) is 0 Å². The maximum absolute atomic E-state index is 11.0. The van der Waals surface area contributed by atoms with Gasteiger partial charge in [0.25, 0.3) is 0 Å². The predicted molar refractivity (Wildman–Crippen MR) is 62.7 cm³/mol. The van der Waals surface area contributed by atoms with Crippen LogP contribution in [0.15, 0.2) is 28.2 Å². The Morgan fingerprint density at radius 1 is 1.40 bits per heavy atom. The Hall–Kier alpha value is -1.09. The summed E-state index contributed by atoms with van der Waals surface area (Å²) in [6.45, 7) is 1.88. The molecular weight excluding hydrogens is 256 g/mol. The van der Waals surface area contributed by atoms with E-state index in [2.05, 4.69) is 15.9 Å². The first kappa shape index (κ1) is 10.4. The van der Waals surface area contributed by atoms with Gasteiger partial charge in [0.05, 0.1) is 0 Å². The van der Waals surface area contributed by atoms with Crippen LogP contribution < -0.4 is 0 Å². The molecule has 0 aliphatic heterocycles. The summed E-state index contributed by atoms with van der Waals surface area (Å²) >= 11 is 3.50. The van der Waals surface area contributed by atoms with Crippen LogP contribution in [0.2, 0.25) is 0 Å². The van der Waals surface area contributed by atoms with E-state index >= 15 is 0 Å². The van der Waals surface area contributed by atoms with E-state index in [1.54, 1.807) is 0 Å². The summed E-state index contributed by atoms with van der Waals surface area (Å²) in [5.41, 5.74) is 3.72. The third-order valence-corrected chi connectivity index (χ3v) is 3.60. The first-order valence-electron chi connectivity index (χ1n) is 4.82. The molecule has 1 aromatic carbocycles. The van der Waals surface area contributed by atoms with Gasteiger partial charge in [-0.15, -0.1) is 0 Å². The summed E-state index contributed by atoms with van der Waals surface area (Å²) in [7, 11) is 0. The molecule has 1 N–H and O–H groups in total. The maximum Gasteiger partial charge on any atom is 0.331 e. The average Bonchev–Trinajstić information content (AvgIpc) is 2.19. The summed E-state index contributed by atoms with van der Waals surface area (Å²) < 4.78 is 1.07. The molecule has 1 aliphatic rings. The molecule has 15 heavy (non-hydrogen) atoms. The third kappa shape index (κ3) is 1.72. The van der Waals surface area contributed by atoms with Crippen molar-refractivity contribution in [2.75, 3.05) is 0 Å². The molecule has 2 nitrogen and oxygen atoms in total. The second-order valence-electron chi connectivity index (χ2n) is 3.67. The summed E-state index contributed by atoms with van der Waals surface area (Å²) in [6.07, 6.45) is 1.42. The van der Waals surface area contributed by atoms with E-state index < -0.39 is 5.97 Å². The Morgan fingerprint density at radius 2 is 2.13 bits per heavy atom. The minimum Gasteiger partial charge on any atom is -0.478 e. The van der Waals surface area contributed by atoms with Crippen molar-refractivity contribution in [2.24, 2.45) is 0 Å². The molecule has 0 radical (unpaired) electrons. The van der Waals surface area contributed by atoms with Gasteiger partial charge in [0, 0.05) is 10.0 Å². The Labute approximate surface area is 96.7 Å². The molecule has 0 unspecified atom stereocenters. The number of fused-ring (bicyclic) bond motifs is 1. The lowest BCUT2D eigenvalue weighted by atomic mass is 9.86. The molecular formula is C12H11BrO2. The van der Waals surface area contributed by atoms with E-state index in [4.69, 9.17) is 5.11 Å². The van der Waals surface area contributed by atoms with Crippen molar-refractivity contribution < 1.29 is 9.90 Å². The van der Waals surface area contributed by atoms with E-state index in [9.17, 15) is 4.79 Å². The molecule has 3 heteroatoms. The summed E-state index contributed by atoms with van der Waals surface area (Å²) in [6, 6.07) is 5.92. The Balaban J connectivity index is 2.62. The van der Waals surface area contributed by atoms with Crippen LogP contribution in [-0.4, -0.2) is 11.1 Å². The van der Waals surface area contributed by atoms with Crippen LogP contribution in [0.5, 0.6) is 0 Å². The van der Waals surface area contributed by atoms with E-state index in [1.807, 2.05) is 25.1 Å². The second kappa shape index (κ2) is 3.81. The van der Waals surface area contributed by atoms with Crippen molar-refractivity contribution in [3.8, 4) is 0 Å². The molecule has 0 saturated carbocycles. The number of allylic oxidation sites excluding steroid dienone is 1. The third-order valence-electron chi connectivity index (χ3n) is 2.86. The summed E-state index contributed by atoms with van der Waals surface area (Å²) in [5.74, 6) is -0.793. The molecule has 0 bridgehead atoms. The lowest BCUT2D eigenvalue weighted by molar-refractivity contribution is -0.132. The quantitative estimate of drug-likeness (QED) is 0.848. The number of benzene rings is 1. The van der Waals surface area contributed by atoms with Gasteiger partial charge in [-0.05, 0) is 42.5 Å². The van der Waals surface area contributed by atoms with E-state index in [-0.39, 0.29) is 0 Å². The molecule has 78 valence electrons. The van der Waals surface area contributed by atoms with Crippen molar-refractivity contribution in [1.29, 1.82) is 0 Å². The molecule has 0 fully saturated rings. The molecule has 1 aliphatic carbocycles. The van der Waals surface area contributed by atoms with Crippen molar-refractivity contribution in [3.63, 3.8) is 0 Å². The minimum absolute atomic E-state index is 0.542. The predicted octanol–water partition coefficient (Wildman–Crippen LogP) is 3.25. The van der Waals surface area contributed by atoms with Gasteiger partial charge in [-0.1, -0.05) is 28.1 Å². The number of rotatable bonds is 1. The second-order valence-corrected chi connectivity index (χ2v) is 4.53. The summed E-state index contributed by atoms with van der Waals surface area (Å²) in [5, 5.41) is 9.03. The van der Waals surface area contributed by atoms with Gasteiger partial charge >= 0.3 is 5.97 Å². The monoisotopic (exact) mass is 266 g/mol. The van der Waals surface area contributed by atoms with Gasteiger partial charge in [-0.2, -0.15) is 0 Å². The van der Waals surface area contributed by atoms with Crippen LogP contribution in [0.4, 0.5) is 0 Å². The highest BCUT2D eigenvalue weighted by molar-refractivity contribution is 9.10. The number of hydrogen-bond acceptors (Lipinski definition) is 1. The number of halogens is 1. The van der Waals surface area contributed by atoms with Crippen molar-refractivity contribution >= 4 is 27.5 Å². The van der Waals surface area contributed by atoms with Gasteiger partial charge in [0.15, 0.2) is 0 Å². The van der Waals surface area contributed by atoms with Crippen LogP contribution in [-0.2, 0) is 11.2 Å². The average molecular weight is 267 g/mol. The van der Waals surface area contributed by atoms with Crippen molar-refractivity contribution in [2.45, 2.75) is 19.8 Å². The normalized spacial score (nSPS) is 15.1. The summed E-state index contributed by atoms with van der Waals surface area (Å²) in [4.78, 5) is 11.0. The van der Waals surface area contributed by atoms with Crippen LogP contribution in [0, 0.1) is 0 Å². The molecule has 0 saturated heterocycles. The fourth-order valence-electron chi connectivity index (χ4n) is 2.03. The largest absolute Gasteiger partial charge is 0.478 e. The van der Waals surface area contributed by atoms with Crippen molar-refractivity contribution in [1.82, 2.24) is 0 Å². The van der Waals surface area contributed by atoms with Gasteiger partial charge < -0.3 is 5.11 Å². The number of hydrogen-bond donors (Lipinski definition) is 1. The molecule has 0 aromatic heterocycles. The molecule has 0 amide bonds. The molecule has 2 rings (SSSR count). The molecule has 0 spiro atoms. The van der Waals surface area contributed by atoms with Crippen LogP contribution in [0.1, 0.15) is 24.5 Å². The smallest absolute Gasteiger partial charge is 0.331 e. The van der Waals surface area contributed by atoms with Crippen LogP contribution >= 0.6 is 15.9 Å². The van der Waals surface area contributed by atoms with Gasteiger partial charge in [-0.3, -0.25) is 0 Å². The Morgan fingerprint density at radius 3 is 2.80 bits per heavy atom. The standard InChI is InChI=1S/C12H11BrO2/c1-7-8-3-2-4-11(13)10(8)6-5-9(7)12(14)15/h2-4H,5-6H2,1H3,(H,14,15). The zero-order chi connectivity index (χ0) is 11.0. The molecule has 0 atom stereocenters. The van der Waals surface area contributed by atoms with E-state index in [0.29, 0.717) is 12.0 Å². The first-order chi connectivity index (χ1) is 7.11. The topological polar surface area (TPSA) is 37.3 Å². The van der Waals surface area contributed by atoms with Gasteiger partial charge in [0.2, 0.25) is 0 Å². The lowest BCUT2D eigenvalue weighted by Crippen LogP contribution is -2.11. The van der Waals surface area contributed by atoms with E-state index in [1.165, 1.54) is 5.56 Å².